The molecule has 1 heterocycles. The van der Waals surface area contributed by atoms with Crippen molar-refractivity contribution >= 4 is 82.0 Å². The van der Waals surface area contributed by atoms with E-state index in [1.54, 1.807) is 0 Å². The summed E-state index contributed by atoms with van der Waals surface area (Å²) >= 11 is 0. The Bertz CT molecular complexity index is 3200. The van der Waals surface area contributed by atoms with Crippen LogP contribution in [0.4, 0.5) is 17.1 Å². The molecule has 0 aliphatic rings. The third-order valence-corrected chi connectivity index (χ3v) is 10.8. The number of benzene rings is 10. The fourth-order valence-corrected chi connectivity index (χ4v) is 8.20. The standard InChI is InChI=1S/C51H32N2O/c1-3-9-33(10-4-1)34-21-25-41(26-22-34)53(43-27-23-36-16-15-35-11-7-8-14-44(35)46(36)32-43)42-28-29-45-40(31-42)20-19-37-17-18-38-24-30-47-50(49(38)48(37)45)52-51(54-47)39-12-5-2-6-13-39/h1-32H. The Morgan fingerprint density at radius 1 is 0.352 bits per heavy atom. The van der Waals surface area contributed by atoms with E-state index in [4.69, 9.17) is 9.40 Å². The van der Waals surface area contributed by atoms with Crippen molar-refractivity contribution in [3.63, 3.8) is 0 Å². The predicted octanol–water partition coefficient (Wildman–Crippen LogP) is 14.4. The largest absolute Gasteiger partial charge is 0.436 e. The summed E-state index contributed by atoms with van der Waals surface area (Å²) in [6, 6.07) is 69.5. The quantitative estimate of drug-likeness (QED) is 0.169. The molecule has 0 spiro atoms. The number of anilines is 3. The number of fused-ring (bicyclic) bond motifs is 10. The Kier molecular flexibility index (Phi) is 6.86. The van der Waals surface area contributed by atoms with Crippen LogP contribution < -0.4 is 4.90 Å². The zero-order chi connectivity index (χ0) is 35.6. The molecule has 0 saturated heterocycles. The van der Waals surface area contributed by atoms with Crippen molar-refractivity contribution in [1.29, 1.82) is 0 Å². The van der Waals surface area contributed by atoms with E-state index >= 15 is 0 Å². The van der Waals surface area contributed by atoms with E-state index in [-0.39, 0.29) is 0 Å². The van der Waals surface area contributed by atoms with E-state index in [1.165, 1.54) is 48.8 Å². The van der Waals surface area contributed by atoms with Crippen LogP contribution in [0, 0.1) is 0 Å². The third kappa shape index (κ3) is 4.94. The van der Waals surface area contributed by atoms with Gasteiger partial charge in [0.05, 0.1) is 0 Å². The van der Waals surface area contributed by atoms with E-state index in [0.717, 1.165) is 49.9 Å². The van der Waals surface area contributed by atoms with E-state index in [0.29, 0.717) is 5.89 Å². The SMILES string of the molecule is c1ccc(-c2ccc(N(c3ccc4c(ccc5ccc6ccc7oc(-c8ccccc8)nc7c6c54)c3)c3ccc4ccc5ccccc5c4c3)cc2)cc1. The summed E-state index contributed by atoms with van der Waals surface area (Å²) < 4.78 is 6.35. The van der Waals surface area contributed by atoms with Gasteiger partial charge in [0.25, 0.3) is 0 Å². The molecule has 0 amide bonds. The molecule has 0 bridgehead atoms. The molecular weight excluding hydrogens is 657 g/mol. The van der Waals surface area contributed by atoms with Crippen molar-refractivity contribution in [3.05, 3.63) is 194 Å². The first-order valence-electron chi connectivity index (χ1n) is 18.4. The lowest BCUT2D eigenvalue weighted by atomic mass is 9.95. The lowest BCUT2D eigenvalue weighted by Crippen LogP contribution is -2.10. The van der Waals surface area contributed by atoms with E-state index in [1.807, 2.05) is 36.4 Å². The monoisotopic (exact) mass is 688 g/mol. The number of rotatable bonds is 5. The fourth-order valence-electron chi connectivity index (χ4n) is 8.20. The summed E-state index contributed by atoms with van der Waals surface area (Å²) in [6.45, 7) is 0. The second-order valence-corrected chi connectivity index (χ2v) is 14.0. The minimum atomic E-state index is 0.634. The van der Waals surface area contributed by atoms with Crippen LogP contribution in [0.1, 0.15) is 0 Å². The van der Waals surface area contributed by atoms with Crippen LogP contribution >= 0.6 is 0 Å². The van der Waals surface area contributed by atoms with Gasteiger partial charge < -0.3 is 9.32 Å². The molecule has 3 nitrogen and oxygen atoms in total. The van der Waals surface area contributed by atoms with Gasteiger partial charge in [-0.15, -0.1) is 0 Å². The minimum absolute atomic E-state index is 0.634. The van der Waals surface area contributed by atoms with Gasteiger partial charge in [-0.2, -0.15) is 0 Å². The zero-order valence-corrected chi connectivity index (χ0v) is 29.3. The van der Waals surface area contributed by atoms with Gasteiger partial charge in [-0.25, -0.2) is 4.98 Å². The van der Waals surface area contributed by atoms with Gasteiger partial charge in [0.1, 0.15) is 5.52 Å². The minimum Gasteiger partial charge on any atom is -0.436 e. The highest BCUT2D eigenvalue weighted by molar-refractivity contribution is 6.26. The van der Waals surface area contributed by atoms with Gasteiger partial charge in [-0.3, -0.25) is 0 Å². The average molecular weight is 689 g/mol. The first kappa shape index (κ1) is 30.4. The van der Waals surface area contributed by atoms with Crippen molar-refractivity contribution in [2.24, 2.45) is 0 Å². The molecule has 0 unspecified atom stereocenters. The maximum absolute atomic E-state index is 6.35. The number of hydrogen-bond acceptors (Lipinski definition) is 3. The molecule has 0 radical (unpaired) electrons. The molecule has 0 aliphatic carbocycles. The molecule has 252 valence electrons. The molecule has 11 aromatic rings. The molecule has 0 N–H and O–H groups in total. The van der Waals surface area contributed by atoms with Gasteiger partial charge >= 0.3 is 0 Å². The highest BCUT2D eigenvalue weighted by atomic mass is 16.3. The Labute approximate surface area is 312 Å². The van der Waals surface area contributed by atoms with Gasteiger partial charge in [0, 0.05) is 28.0 Å². The van der Waals surface area contributed by atoms with Crippen LogP contribution in [0.3, 0.4) is 0 Å². The van der Waals surface area contributed by atoms with Gasteiger partial charge in [-0.05, 0) is 114 Å². The smallest absolute Gasteiger partial charge is 0.227 e. The molecule has 0 atom stereocenters. The number of aromatic nitrogens is 1. The number of hydrogen-bond donors (Lipinski definition) is 0. The fraction of sp³-hybridized carbons (Fsp3) is 0. The first-order chi connectivity index (χ1) is 26.7. The van der Waals surface area contributed by atoms with Gasteiger partial charge in [-0.1, -0.05) is 140 Å². The number of nitrogens with zero attached hydrogens (tertiary/aromatic N) is 2. The Hall–Kier alpha value is -7.23. The Balaban J connectivity index is 1.12. The van der Waals surface area contributed by atoms with Crippen molar-refractivity contribution in [3.8, 4) is 22.6 Å². The van der Waals surface area contributed by atoms with Crippen LogP contribution in [0.25, 0.3) is 87.5 Å². The normalized spacial score (nSPS) is 11.7. The molecule has 0 aliphatic heterocycles. The highest BCUT2D eigenvalue weighted by Crippen LogP contribution is 2.42. The first-order valence-corrected chi connectivity index (χ1v) is 18.4. The van der Waals surface area contributed by atoms with E-state index in [2.05, 4.69) is 163 Å². The van der Waals surface area contributed by atoms with Crippen molar-refractivity contribution in [2.75, 3.05) is 4.90 Å². The van der Waals surface area contributed by atoms with Gasteiger partial charge in [0.2, 0.25) is 5.89 Å². The molecule has 1 aromatic heterocycles. The van der Waals surface area contributed by atoms with Crippen LogP contribution in [0.2, 0.25) is 0 Å². The molecule has 54 heavy (non-hydrogen) atoms. The van der Waals surface area contributed by atoms with Crippen molar-refractivity contribution in [1.82, 2.24) is 4.98 Å². The summed E-state index contributed by atoms with van der Waals surface area (Å²) in [5.74, 6) is 0.634. The van der Waals surface area contributed by atoms with Crippen molar-refractivity contribution < 1.29 is 4.42 Å². The summed E-state index contributed by atoms with van der Waals surface area (Å²) in [5.41, 5.74) is 8.33. The van der Waals surface area contributed by atoms with E-state index in [9.17, 15) is 0 Å². The molecule has 0 saturated carbocycles. The third-order valence-electron chi connectivity index (χ3n) is 10.8. The summed E-state index contributed by atoms with van der Waals surface area (Å²) in [6.07, 6.45) is 0. The Morgan fingerprint density at radius 2 is 0.907 bits per heavy atom. The summed E-state index contributed by atoms with van der Waals surface area (Å²) in [7, 11) is 0. The van der Waals surface area contributed by atoms with E-state index < -0.39 is 0 Å². The second kappa shape index (κ2) is 12.2. The lowest BCUT2D eigenvalue weighted by Gasteiger charge is -2.27. The summed E-state index contributed by atoms with van der Waals surface area (Å²) in [5, 5.41) is 11.9. The average Bonchev–Trinajstić information content (AvgIpc) is 3.69. The van der Waals surface area contributed by atoms with Crippen molar-refractivity contribution in [2.45, 2.75) is 0 Å². The van der Waals surface area contributed by atoms with Crippen LogP contribution in [0.15, 0.2) is 199 Å². The molecular formula is C51H32N2O. The molecule has 3 heteroatoms. The van der Waals surface area contributed by atoms with Crippen LogP contribution in [-0.4, -0.2) is 4.98 Å². The van der Waals surface area contributed by atoms with Gasteiger partial charge in [0.15, 0.2) is 5.58 Å². The highest BCUT2D eigenvalue weighted by Gasteiger charge is 2.18. The molecule has 10 aromatic carbocycles. The summed E-state index contributed by atoms with van der Waals surface area (Å²) in [4.78, 5) is 7.47. The lowest BCUT2D eigenvalue weighted by molar-refractivity contribution is 0.620. The van der Waals surface area contributed by atoms with Crippen LogP contribution in [0.5, 0.6) is 0 Å². The zero-order valence-electron chi connectivity index (χ0n) is 29.3. The second-order valence-electron chi connectivity index (χ2n) is 14.0. The topological polar surface area (TPSA) is 29.3 Å². The molecule has 11 rings (SSSR count). The molecule has 0 fully saturated rings. The predicted molar refractivity (Wildman–Crippen MR) is 227 cm³/mol. The maximum atomic E-state index is 6.35. The maximum Gasteiger partial charge on any atom is 0.227 e. The Morgan fingerprint density at radius 3 is 1.70 bits per heavy atom. The van der Waals surface area contributed by atoms with Crippen LogP contribution in [-0.2, 0) is 0 Å². The number of oxazole rings is 1.